The maximum atomic E-state index is 13.7. The molecule has 3 N–H and O–H groups in total. The molecule has 0 fully saturated rings. The van der Waals surface area contributed by atoms with Gasteiger partial charge in [-0.1, -0.05) is 6.07 Å². The zero-order valence-corrected chi connectivity index (χ0v) is 8.54. The number of hydrogen-bond donors (Lipinski definition) is 2. The number of nitrogens with zero attached hydrogens (tertiary/aromatic N) is 2. The first-order valence-corrected chi connectivity index (χ1v) is 4.67. The molecule has 0 amide bonds. The third kappa shape index (κ3) is 1.67. The third-order valence-corrected chi connectivity index (χ3v) is 2.38. The van der Waals surface area contributed by atoms with Gasteiger partial charge in [0.25, 0.3) is 0 Å². The summed E-state index contributed by atoms with van der Waals surface area (Å²) in [7, 11) is 0. The normalized spacial score (nSPS) is 12.8. The Labute approximate surface area is 90.5 Å². The fourth-order valence-electron chi connectivity index (χ4n) is 1.47. The summed E-state index contributed by atoms with van der Waals surface area (Å²) in [6, 6.07) is 1.59. The van der Waals surface area contributed by atoms with Crippen LogP contribution in [0, 0.1) is 18.6 Å². The lowest BCUT2D eigenvalue weighted by atomic mass is 10.0. The molecule has 1 aromatic heterocycles. The van der Waals surface area contributed by atoms with E-state index >= 15 is 0 Å². The number of halogens is 2. The van der Waals surface area contributed by atoms with Gasteiger partial charge in [-0.25, -0.2) is 8.78 Å². The van der Waals surface area contributed by atoms with Crippen LogP contribution in [0.25, 0.3) is 0 Å². The Hall–Kier alpha value is -1.82. The average Bonchev–Trinajstić information content (AvgIpc) is 2.77. The SMILES string of the molecule is Cc1ccc(F)c(C(N)c2cn[nH]n2)c1F. The Balaban J connectivity index is 2.52. The van der Waals surface area contributed by atoms with Gasteiger partial charge in [0.15, 0.2) is 0 Å². The van der Waals surface area contributed by atoms with Crippen LogP contribution < -0.4 is 5.73 Å². The topological polar surface area (TPSA) is 67.6 Å². The number of aryl methyl sites for hydroxylation is 1. The fraction of sp³-hybridized carbons (Fsp3) is 0.200. The highest BCUT2D eigenvalue weighted by Crippen LogP contribution is 2.25. The first-order valence-electron chi connectivity index (χ1n) is 4.67. The maximum absolute atomic E-state index is 13.7. The zero-order valence-electron chi connectivity index (χ0n) is 8.54. The summed E-state index contributed by atoms with van der Waals surface area (Å²) in [4.78, 5) is 0. The summed E-state index contributed by atoms with van der Waals surface area (Å²) in [6.45, 7) is 1.55. The maximum Gasteiger partial charge on any atom is 0.134 e. The van der Waals surface area contributed by atoms with Gasteiger partial charge in [-0.15, -0.1) is 0 Å². The van der Waals surface area contributed by atoms with Crippen LogP contribution in [-0.4, -0.2) is 15.4 Å². The highest BCUT2D eigenvalue weighted by Gasteiger charge is 2.21. The molecule has 1 heterocycles. The lowest BCUT2D eigenvalue weighted by molar-refractivity contribution is 0.535. The molecule has 84 valence electrons. The van der Waals surface area contributed by atoms with Crippen molar-refractivity contribution in [1.29, 1.82) is 0 Å². The van der Waals surface area contributed by atoms with E-state index in [9.17, 15) is 8.78 Å². The first kappa shape index (κ1) is 10.7. The predicted octanol–water partition coefficient (Wildman–Crippen LogP) is 1.44. The van der Waals surface area contributed by atoms with Crippen molar-refractivity contribution in [3.05, 3.63) is 46.8 Å². The van der Waals surface area contributed by atoms with Gasteiger partial charge in [0.1, 0.15) is 17.3 Å². The number of aromatic amines is 1. The number of hydrogen-bond acceptors (Lipinski definition) is 3. The van der Waals surface area contributed by atoms with Crippen LogP contribution in [0.3, 0.4) is 0 Å². The van der Waals surface area contributed by atoms with Gasteiger partial charge in [0, 0.05) is 5.56 Å². The van der Waals surface area contributed by atoms with Crippen molar-refractivity contribution < 1.29 is 8.78 Å². The summed E-state index contributed by atoms with van der Waals surface area (Å²) in [5.74, 6) is -1.32. The standard InChI is InChI=1S/C10H10F2N4/c1-5-2-3-6(11)8(9(5)12)10(13)7-4-14-16-15-7/h2-4,10H,13H2,1H3,(H,14,15,16). The lowest BCUT2D eigenvalue weighted by Crippen LogP contribution is -2.16. The van der Waals surface area contributed by atoms with Gasteiger partial charge in [0.05, 0.1) is 12.2 Å². The Morgan fingerprint density at radius 3 is 2.75 bits per heavy atom. The summed E-state index contributed by atoms with van der Waals surface area (Å²) < 4.78 is 27.2. The van der Waals surface area contributed by atoms with Crippen LogP contribution in [0.5, 0.6) is 0 Å². The molecular formula is C10H10F2N4. The number of benzene rings is 1. The predicted molar refractivity (Wildman–Crippen MR) is 53.5 cm³/mol. The van der Waals surface area contributed by atoms with Gasteiger partial charge < -0.3 is 5.73 Å². The second-order valence-electron chi connectivity index (χ2n) is 3.46. The minimum atomic E-state index is -0.960. The Kier molecular flexibility index (Phi) is 2.66. The van der Waals surface area contributed by atoms with Crippen LogP contribution in [0.1, 0.15) is 22.9 Å². The summed E-state index contributed by atoms with van der Waals surface area (Å²) >= 11 is 0. The van der Waals surface area contributed by atoms with E-state index in [0.717, 1.165) is 0 Å². The largest absolute Gasteiger partial charge is 0.319 e. The number of H-pyrrole nitrogens is 1. The number of rotatable bonds is 2. The van der Waals surface area contributed by atoms with E-state index in [-0.39, 0.29) is 5.56 Å². The van der Waals surface area contributed by atoms with Crippen molar-refractivity contribution in [2.24, 2.45) is 5.73 Å². The molecule has 6 heteroatoms. The van der Waals surface area contributed by atoms with Crippen molar-refractivity contribution in [3.63, 3.8) is 0 Å². The van der Waals surface area contributed by atoms with Crippen molar-refractivity contribution in [2.75, 3.05) is 0 Å². The van der Waals surface area contributed by atoms with Gasteiger partial charge in [-0.2, -0.15) is 15.4 Å². The molecule has 0 radical (unpaired) electrons. The molecule has 2 rings (SSSR count). The Bertz CT molecular complexity index is 496. The van der Waals surface area contributed by atoms with E-state index in [4.69, 9.17) is 5.73 Å². The van der Waals surface area contributed by atoms with Crippen LogP contribution >= 0.6 is 0 Å². The summed E-state index contributed by atoms with van der Waals surface area (Å²) in [6.07, 6.45) is 1.34. The Morgan fingerprint density at radius 1 is 1.38 bits per heavy atom. The van der Waals surface area contributed by atoms with Crippen molar-refractivity contribution in [3.8, 4) is 0 Å². The van der Waals surface area contributed by atoms with E-state index < -0.39 is 17.7 Å². The molecule has 0 saturated carbocycles. The second-order valence-corrected chi connectivity index (χ2v) is 3.46. The minimum Gasteiger partial charge on any atom is -0.319 e. The Morgan fingerprint density at radius 2 is 2.12 bits per heavy atom. The van der Waals surface area contributed by atoms with Gasteiger partial charge in [-0.05, 0) is 18.6 Å². The van der Waals surface area contributed by atoms with Crippen molar-refractivity contribution in [1.82, 2.24) is 15.4 Å². The number of aromatic nitrogens is 3. The molecule has 4 nitrogen and oxygen atoms in total. The molecule has 0 spiro atoms. The molecular weight excluding hydrogens is 214 g/mol. The molecule has 16 heavy (non-hydrogen) atoms. The molecule has 1 unspecified atom stereocenters. The average molecular weight is 224 g/mol. The monoisotopic (exact) mass is 224 g/mol. The molecule has 0 aliphatic heterocycles. The van der Waals surface area contributed by atoms with Crippen LogP contribution in [0.2, 0.25) is 0 Å². The molecule has 1 aromatic carbocycles. The summed E-state index contributed by atoms with van der Waals surface area (Å²) in [5, 5.41) is 9.61. The van der Waals surface area contributed by atoms with Crippen LogP contribution in [-0.2, 0) is 0 Å². The molecule has 0 aliphatic carbocycles. The van der Waals surface area contributed by atoms with Crippen molar-refractivity contribution in [2.45, 2.75) is 13.0 Å². The van der Waals surface area contributed by atoms with Crippen molar-refractivity contribution >= 4 is 0 Å². The molecule has 2 aromatic rings. The number of nitrogens with one attached hydrogen (secondary N) is 1. The quantitative estimate of drug-likeness (QED) is 0.811. The third-order valence-electron chi connectivity index (χ3n) is 2.38. The molecule has 0 aliphatic rings. The zero-order chi connectivity index (χ0) is 11.7. The first-order chi connectivity index (χ1) is 7.61. The van der Waals surface area contributed by atoms with Gasteiger partial charge in [0.2, 0.25) is 0 Å². The highest BCUT2D eigenvalue weighted by atomic mass is 19.1. The molecule has 0 saturated heterocycles. The highest BCUT2D eigenvalue weighted by molar-refractivity contribution is 5.32. The van der Waals surface area contributed by atoms with Gasteiger partial charge >= 0.3 is 0 Å². The van der Waals surface area contributed by atoms with E-state index in [1.807, 2.05) is 0 Å². The second kappa shape index (κ2) is 3.97. The summed E-state index contributed by atoms with van der Waals surface area (Å²) in [5.41, 5.74) is 6.18. The minimum absolute atomic E-state index is 0.186. The smallest absolute Gasteiger partial charge is 0.134 e. The van der Waals surface area contributed by atoms with Crippen LogP contribution in [0.4, 0.5) is 8.78 Å². The van der Waals surface area contributed by atoms with E-state index in [1.165, 1.54) is 18.3 Å². The number of nitrogens with two attached hydrogens (primary N) is 1. The van der Waals surface area contributed by atoms with E-state index in [2.05, 4.69) is 15.4 Å². The van der Waals surface area contributed by atoms with E-state index in [1.54, 1.807) is 6.92 Å². The lowest BCUT2D eigenvalue weighted by Gasteiger charge is -2.12. The van der Waals surface area contributed by atoms with E-state index in [0.29, 0.717) is 11.3 Å². The molecule has 0 bridgehead atoms. The van der Waals surface area contributed by atoms with Crippen LogP contribution in [0.15, 0.2) is 18.3 Å². The van der Waals surface area contributed by atoms with Gasteiger partial charge in [-0.3, -0.25) is 0 Å². The molecule has 1 atom stereocenters. The fourth-order valence-corrected chi connectivity index (χ4v) is 1.47.